The van der Waals surface area contributed by atoms with Crippen LogP contribution in [0, 0.1) is 11.8 Å². The first-order chi connectivity index (χ1) is 7.42. The summed E-state index contributed by atoms with van der Waals surface area (Å²) in [5, 5.41) is 0. The van der Waals surface area contributed by atoms with Crippen molar-refractivity contribution in [2.75, 3.05) is 0 Å². The highest BCUT2D eigenvalue weighted by Gasteiger charge is 2.42. The second-order valence-corrected chi connectivity index (χ2v) is 5.72. The Bertz CT molecular complexity index is 496. The molecule has 1 aromatic rings. The molecule has 15 heavy (non-hydrogen) atoms. The number of rotatable bonds is 0. The summed E-state index contributed by atoms with van der Waals surface area (Å²) in [5.74, 6) is 1.78. The lowest BCUT2D eigenvalue weighted by Gasteiger charge is -2.22. The Morgan fingerprint density at radius 2 is 2.13 bits per heavy atom. The van der Waals surface area contributed by atoms with Gasteiger partial charge in [0.25, 0.3) is 0 Å². The van der Waals surface area contributed by atoms with Crippen LogP contribution in [0.15, 0.2) is 51.8 Å². The molecule has 1 aliphatic heterocycles. The van der Waals surface area contributed by atoms with Crippen LogP contribution >= 0.6 is 11.8 Å². The lowest BCUT2D eigenvalue weighted by molar-refractivity contribution is 0.848. The molecule has 74 valence electrons. The standard InChI is InChI=1S/C14H12S/c1-2-4-13-10(3-1)8-12-11-7-9(11)5-6-14(12)15-13/h1-6,9,11H,7-8H2. The van der Waals surface area contributed by atoms with Crippen molar-refractivity contribution in [2.45, 2.75) is 17.7 Å². The van der Waals surface area contributed by atoms with Gasteiger partial charge in [0.1, 0.15) is 0 Å². The van der Waals surface area contributed by atoms with Gasteiger partial charge < -0.3 is 0 Å². The highest BCUT2D eigenvalue weighted by Crippen LogP contribution is 2.55. The fourth-order valence-electron chi connectivity index (χ4n) is 2.72. The van der Waals surface area contributed by atoms with E-state index in [1.54, 1.807) is 5.57 Å². The van der Waals surface area contributed by atoms with Gasteiger partial charge in [-0.25, -0.2) is 0 Å². The van der Waals surface area contributed by atoms with E-state index in [1.165, 1.54) is 28.2 Å². The summed E-state index contributed by atoms with van der Waals surface area (Å²) in [4.78, 5) is 2.99. The highest BCUT2D eigenvalue weighted by atomic mass is 32.2. The zero-order valence-electron chi connectivity index (χ0n) is 8.44. The number of thioether (sulfide) groups is 1. The smallest absolute Gasteiger partial charge is 0.0157 e. The van der Waals surface area contributed by atoms with Crippen LogP contribution < -0.4 is 0 Å². The minimum absolute atomic E-state index is 0.884. The van der Waals surface area contributed by atoms with Crippen LogP contribution in [0.4, 0.5) is 0 Å². The molecule has 0 spiro atoms. The molecule has 3 aliphatic rings. The minimum Gasteiger partial charge on any atom is -0.0898 e. The third-order valence-electron chi connectivity index (χ3n) is 3.67. The molecule has 0 aromatic heterocycles. The zero-order valence-corrected chi connectivity index (χ0v) is 9.26. The second kappa shape index (κ2) is 2.79. The molecular weight excluding hydrogens is 200 g/mol. The lowest BCUT2D eigenvalue weighted by atomic mass is 9.96. The Balaban J connectivity index is 1.82. The maximum Gasteiger partial charge on any atom is 0.0157 e. The fourth-order valence-corrected chi connectivity index (χ4v) is 3.88. The minimum atomic E-state index is 0.884. The van der Waals surface area contributed by atoms with Crippen LogP contribution in [0.5, 0.6) is 0 Å². The van der Waals surface area contributed by atoms with Gasteiger partial charge in [-0.3, -0.25) is 0 Å². The molecule has 0 nitrogen and oxygen atoms in total. The largest absolute Gasteiger partial charge is 0.0898 e. The van der Waals surface area contributed by atoms with Crippen LogP contribution in [0.3, 0.4) is 0 Å². The predicted octanol–water partition coefficient (Wildman–Crippen LogP) is 3.79. The van der Waals surface area contributed by atoms with E-state index in [0.29, 0.717) is 0 Å². The Morgan fingerprint density at radius 3 is 3.13 bits per heavy atom. The number of allylic oxidation sites excluding steroid dienone is 3. The van der Waals surface area contributed by atoms with E-state index >= 15 is 0 Å². The fraction of sp³-hybridized carbons (Fsp3) is 0.286. The molecule has 0 amide bonds. The van der Waals surface area contributed by atoms with Crippen LogP contribution in [-0.2, 0) is 6.42 Å². The van der Waals surface area contributed by atoms with Crippen LogP contribution in [-0.4, -0.2) is 0 Å². The molecule has 0 N–H and O–H groups in total. The Hall–Kier alpha value is -0.950. The Kier molecular flexibility index (Phi) is 1.53. The van der Waals surface area contributed by atoms with Gasteiger partial charge in [-0.15, -0.1) is 0 Å². The monoisotopic (exact) mass is 212 g/mol. The molecule has 0 radical (unpaired) electrons. The van der Waals surface area contributed by atoms with E-state index in [9.17, 15) is 0 Å². The SMILES string of the molecule is C1=CC2CC2C2=C1Sc1ccccc1C2. The first-order valence-electron chi connectivity index (χ1n) is 5.59. The molecule has 0 saturated heterocycles. The number of benzene rings is 1. The third kappa shape index (κ3) is 1.16. The van der Waals surface area contributed by atoms with E-state index in [4.69, 9.17) is 0 Å². The maximum atomic E-state index is 2.41. The molecule has 2 unspecified atom stereocenters. The summed E-state index contributed by atoms with van der Waals surface area (Å²) < 4.78 is 0. The molecule has 1 heteroatoms. The average Bonchev–Trinajstić information content (AvgIpc) is 3.06. The van der Waals surface area contributed by atoms with E-state index in [-0.39, 0.29) is 0 Å². The molecular formula is C14H12S. The average molecular weight is 212 g/mol. The number of hydrogen-bond donors (Lipinski definition) is 0. The van der Waals surface area contributed by atoms with Crippen molar-refractivity contribution in [3.63, 3.8) is 0 Å². The summed E-state index contributed by atoms with van der Waals surface area (Å²) >= 11 is 1.96. The third-order valence-corrected chi connectivity index (χ3v) is 4.91. The molecule has 0 bridgehead atoms. The summed E-state index contributed by atoms with van der Waals surface area (Å²) in [6.07, 6.45) is 7.36. The van der Waals surface area contributed by atoms with Gasteiger partial charge in [-0.05, 0) is 41.9 Å². The molecule has 1 heterocycles. The summed E-state index contributed by atoms with van der Waals surface area (Å²) in [6, 6.07) is 8.83. The van der Waals surface area contributed by atoms with Crippen LogP contribution in [0.1, 0.15) is 12.0 Å². The molecule has 2 atom stereocenters. The van der Waals surface area contributed by atoms with Gasteiger partial charge in [-0.2, -0.15) is 0 Å². The lowest BCUT2D eigenvalue weighted by Crippen LogP contribution is -2.05. The van der Waals surface area contributed by atoms with E-state index < -0.39 is 0 Å². The summed E-state index contributed by atoms with van der Waals surface area (Å²) in [5.41, 5.74) is 3.24. The Morgan fingerprint density at radius 1 is 1.20 bits per heavy atom. The van der Waals surface area contributed by atoms with Gasteiger partial charge >= 0.3 is 0 Å². The topological polar surface area (TPSA) is 0 Å². The van der Waals surface area contributed by atoms with Gasteiger partial charge in [0.05, 0.1) is 0 Å². The summed E-state index contributed by atoms with van der Waals surface area (Å²) in [7, 11) is 0. The van der Waals surface area contributed by atoms with Gasteiger partial charge in [0.2, 0.25) is 0 Å². The number of fused-ring (bicyclic) bond motifs is 3. The maximum absolute atomic E-state index is 2.41. The normalized spacial score (nSPS) is 30.7. The molecule has 1 aromatic carbocycles. The van der Waals surface area contributed by atoms with Crippen molar-refractivity contribution < 1.29 is 0 Å². The van der Waals surface area contributed by atoms with Crippen molar-refractivity contribution >= 4 is 11.8 Å². The first-order valence-corrected chi connectivity index (χ1v) is 6.40. The van der Waals surface area contributed by atoms with Crippen molar-refractivity contribution in [3.05, 3.63) is 52.5 Å². The zero-order chi connectivity index (χ0) is 9.83. The van der Waals surface area contributed by atoms with Gasteiger partial charge in [0.15, 0.2) is 0 Å². The van der Waals surface area contributed by atoms with Crippen molar-refractivity contribution in [1.29, 1.82) is 0 Å². The highest BCUT2D eigenvalue weighted by molar-refractivity contribution is 8.03. The quantitative estimate of drug-likeness (QED) is 0.630. The van der Waals surface area contributed by atoms with E-state index in [2.05, 4.69) is 36.4 Å². The van der Waals surface area contributed by atoms with Crippen molar-refractivity contribution in [3.8, 4) is 0 Å². The molecule has 4 rings (SSSR count). The Labute approximate surface area is 94.1 Å². The molecule has 1 fully saturated rings. The van der Waals surface area contributed by atoms with Gasteiger partial charge in [-0.1, -0.05) is 42.1 Å². The van der Waals surface area contributed by atoms with Crippen LogP contribution in [0.25, 0.3) is 0 Å². The first kappa shape index (κ1) is 8.23. The molecule has 2 aliphatic carbocycles. The second-order valence-electron chi connectivity index (χ2n) is 4.64. The van der Waals surface area contributed by atoms with Crippen LogP contribution in [0.2, 0.25) is 0 Å². The van der Waals surface area contributed by atoms with Crippen molar-refractivity contribution in [1.82, 2.24) is 0 Å². The number of hydrogen-bond acceptors (Lipinski definition) is 1. The van der Waals surface area contributed by atoms with E-state index in [1.807, 2.05) is 11.8 Å². The van der Waals surface area contributed by atoms with Crippen molar-refractivity contribution in [2.24, 2.45) is 11.8 Å². The summed E-state index contributed by atoms with van der Waals surface area (Å²) in [6.45, 7) is 0. The predicted molar refractivity (Wildman–Crippen MR) is 63.8 cm³/mol. The van der Waals surface area contributed by atoms with E-state index in [0.717, 1.165) is 11.8 Å². The van der Waals surface area contributed by atoms with Gasteiger partial charge in [0, 0.05) is 9.80 Å². The molecule has 1 saturated carbocycles.